The van der Waals surface area contributed by atoms with E-state index in [4.69, 9.17) is 4.74 Å². The molecule has 4 rings (SSSR count). The molecule has 30 heavy (non-hydrogen) atoms. The molecule has 1 amide bonds. The highest BCUT2D eigenvalue weighted by molar-refractivity contribution is 6.00. The number of ether oxygens (including phenoxy) is 1. The van der Waals surface area contributed by atoms with Crippen molar-refractivity contribution in [3.63, 3.8) is 0 Å². The molecule has 156 valence electrons. The van der Waals surface area contributed by atoms with Crippen LogP contribution in [-0.2, 0) is 4.74 Å². The summed E-state index contributed by atoms with van der Waals surface area (Å²) >= 11 is 0. The first kappa shape index (κ1) is 20.2. The molecular weight excluding hydrogens is 376 g/mol. The third kappa shape index (κ3) is 3.96. The first-order valence-corrected chi connectivity index (χ1v) is 10.4. The van der Waals surface area contributed by atoms with E-state index < -0.39 is 0 Å². The van der Waals surface area contributed by atoms with Crippen molar-refractivity contribution < 1.29 is 9.53 Å². The monoisotopic (exact) mass is 404 g/mol. The van der Waals surface area contributed by atoms with E-state index in [1.54, 1.807) is 0 Å². The van der Waals surface area contributed by atoms with Gasteiger partial charge in [-0.25, -0.2) is 4.68 Å². The van der Waals surface area contributed by atoms with Crippen molar-refractivity contribution in [2.45, 2.75) is 26.8 Å². The predicted octanol–water partition coefficient (Wildman–Crippen LogP) is 3.82. The van der Waals surface area contributed by atoms with Gasteiger partial charge < -0.3 is 15.0 Å². The number of morpholine rings is 1. The molecule has 1 fully saturated rings. The van der Waals surface area contributed by atoms with Gasteiger partial charge in [0.25, 0.3) is 5.91 Å². The Morgan fingerprint density at radius 1 is 1.03 bits per heavy atom. The Labute approximate surface area is 177 Å². The van der Waals surface area contributed by atoms with E-state index in [2.05, 4.69) is 34.4 Å². The zero-order chi connectivity index (χ0) is 21.1. The zero-order valence-electron chi connectivity index (χ0n) is 17.8. The predicted molar refractivity (Wildman–Crippen MR) is 118 cm³/mol. The Hall–Kier alpha value is -3.12. The van der Waals surface area contributed by atoms with Gasteiger partial charge in [0.05, 0.1) is 36.7 Å². The second-order valence-corrected chi connectivity index (χ2v) is 7.70. The molecule has 1 aliphatic rings. The Morgan fingerprint density at radius 3 is 2.43 bits per heavy atom. The van der Waals surface area contributed by atoms with Gasteiger partial charge in [-0.2, -0.15) is 5.10 Å². The highest BCUT2D eigenvalue weighted by Crippen LogP contribution is 2.25. The lowest BCUT2D eigenvalue weighted by Crippen LogP contribution is -2.38. The Balaban J connectivity index is 1.55. The number of amides is 1. The fourth-order valence-corrected chi connectivity index (χ4v) is 3.99. The smallest absolute Gasteiger partial charge is 0.253 e. The van der Waals surface area contributed by atoms with Crippen molar-refractivity contribution in [1.82, 2.24) is 15.1 Å². The molecule has 6 heteroatoms. The molecule has 1 saturated heterocycles. The second-order valence-electron chi connectivity index (χ2n) is 7.70. The number of aromatic nitrogens is 2. The van der Waals surface area contributed by atoms with Crippen molar-refractivity contribution in [3.05, 3.63) is 77.1 Å². The van der Waals surface area contributed by atoms with E-state index in [1.807, 2.05) is 61.1 Å². The molecule has 3 aromatic rings. The van der Waals surface area contributed by atoms with Gasteiger partial charge in [-0.15, -0.1) is 0 Å². The van der Waals surface area contributed by atoms with Crippen molar-refractivity contribution in [2.24, 2.45) is 0 Å². The van der Waals surface area contributed by atoms with Gasteiger partial charge in [0, 0.05) is 30.0 Å². The summed E-state index contributed by atoms with van der Waals surface area (Å²) in [5, 5.41) is 7.74. The quantitative estimate of drug-likeness (QED) is 0.702. The SMILES string of the molecule is Cc1ccccc1-n1ncc(C(C)NC(=O)c2ccccc2N2CCOCC2)c1C. The lowest BCUT2D eigenvalue weighted by atomic mass is 10.1. The number of rotatable bonds is 5. The van der Waals surface area contributed by atoms with E-state index in [9.17, 15) is 4.79 Å². The van der Waals surface area contributed by atoms with Crippen molar-refractivity contribution >= 4 is 11.6 Å². The van der Waals surface area contributed by atoms with Crippen LogP contribution in [0.25, 0.3) is 5.69 Å². The van der Waals surface area contributed by atoms with E-state index in [0.717, 1.165) is 41.3 Å². The second kappa shape index (κ2) is 8.71. The fraction of sp³-hybridized carbons (Fsp3) is 0.333. The van der Waals surface area contributed by atoms with Gasteiger partial charge in [-0.3, -0.25) is 4.79 Å². The van der Waals surface area contributed by atoms with Gasteiger partial charge in [0.15, 0.2) is 0 Å². The number of anilines is 1. The third-order valence-electron chi connectivity index (χ3n) is 5.71. The molecule has 0 bridgehead atoms. The minimum absolute atomic E-state index is 0.0763. The number of hydrogen-bond acceptors (Lipinski definition) is 4. The molecule has 1 atom stereocenters. The number of benzene rings is 2. The molecule has 2 aromatic carbocycles. The average molecular weight is 405 g/mol. The minimum atomic E-state index is -0.159. The first-order valence-electron chi connectivity index (χ1n) is 10.4. The van der Waals surface area contributed by atoms with E-state index in [1.165, 1.54) is 0 Å². The average Bonchev–Trinajstić information content (AvgIpc) is 3.16. The summed E-state index contributed by atoms with van der Waals surface area (Å²) < 4.78 is 7.39. The summed E-state index contributed by atoms with van der Waals surface area (Å²) in [6.07, 6.45) is 1.85. The van der Waals surface area contributed by atoms with Gasteiger partial charge in [0.2, 0.25) is 0 Å². The summed E-state index contributed by atoms with van der Waals surface area (Å²) in [5.41, 5.74) is 5.89. The maximum atomic E-state index is 13.1. The Kier molecular flexibility index (Phi) is 5.86. The summed E-state index contributed by atoms with van der Waals surface area (Å²) in [6.45, 7) is 9.07. The van der Waals surface area contributed by atoms with Crippen LogP contribution in [0.5, 0.6) is 0 Å². The van der Waals surface area contributed by atoms with Crippen LogP contribution < -0.4 is 10.2 Å². The number of nitrogens with one attached hydrogen (secondary N) is 1. The molecule has 0 spiro atoms. The molecule has 2 heterocycles. The molecule has 1 aromatic heterocycles. The van der Waals surface area contributed by atoms with E-state index in [0.29, 0.717) is 18.8 Å². The van der Waals surface area contributed by atoms with Crippen LogP contribution in [0.1, 0.15) is 40.1 Å². The molecule has 0 aliphatic carbocycles. The lowest BCUT2D eigenvalue weighted by molar-refractivity contribution is 0.0938. The largest absolute Gasteiger partial charge is 0.378 e. The third-order valence-corrected chi connectivity index (χ3v) is 5.71. The number of carbonyl (C=O) groups excluding carboxylic acids is 1. The number of carbonyl (C=O) groups is 1. The van der Waals surface area contributed by atoms with Crippen LogP contribution in [-0.4, -0.2) is 42.0 Å². The topological polar surface area (TPSA) is 59.4 Å². The van der Waals surface area contributed by atoms with Crippen LogP contribution in [0.2, 0.25) is 0 Å². The minimum Gasteiger partial charge on any atom is -0.378 e. The maximum Gasteiger partial charge on any atom is 0.253 e. The van der Waals surface area contributed by atoms with E-state index >= 15 is 0 Å². The van der Waals surface area contributed by atoms with Crippen molar-refractivity contribution in [3.8, 4) is 5.69 Å². The lowest BCUT2D eigenvalue weighted by Gasteiger charge is -2.30. The first-order chi connectivity index (χ1) is 14.6. The van der Waals surface area contributed by atoms with Crippen LogP contribution in [0.4, 0.5) is 5.69 Å². The molecule has 1 N–H and O–H groups in total. The van der Waals surface area contributed by atoms with Gasteiger partial charge >= 0.3 is 0 Å². The molecular formula is C24H28N4O2. The van der Waals surface area contributed by atoms with Gasteiger partial charge in [0.1, 0.15) is 0 Å². The van der Waals surface area contributed by atoms with Crippen molar-refractivity contribution in [2.75, 3.05) is 31.2 Å². The highest BCUT2D eigenvalue weighted by Gasteiger charge is 2.21. The van der Waals surface area contributed by atoms with Crippen LogP contribution in [0.15, 0.2) is 54.7 Å². The standard InChI is InChI=1S/C24H28N4O2/c1-17-8-4-6-10-22(17)28-19(3)21(16-25-28)18(2)26-24(29)20-9-5-7-11-23(20)27-12-14-30-15-13-27/h4-11,16,18H,12-15H2,1-3H3,(H,26,29). The number of nitrogens with zero attached hydrogens (tertiary/aromatic N) is 3. The molecule has 6 nitrogen and oxygen atoms in total. The number of aryl methyl sites for hydroxylation is 1. The van der Waals surface area contributed by atoms with Gasteiger partial charge in [-0.05, 0) is 44.5 Å². The normalized spacial score (nSPS) is 15.1. The maximum absolute atomic E-state index is 13.1. The highest BCUT2D eigenvalue weighted by atomic mass is 16.5. The fourth-order valence-electron chi connectivity index (χ4n) is 3.99. The van der Waals surface area contributed by atoms with E-state index in [-0.39, 0.29) is 11.9 Å². The van der Waals surface area contributed by atoms with Crippen molar-refractivity contribution in [1.29, 1.82) is 0 Å². The zero-order valence-corrected chi connectivity index (χ0v) is 17.8. The van der Waals surface area contributed by atoms with Gasteiger partial charge in [-0.1, -0.05) is 30.3 Å². The number of para-hydroxylation sites is 2. The number of hydrogen-bond donors (Lipinski definition) is 1. The Bertz CT molecular complexity index is 1040. The Morgan fingerprint density at radius 2 is 1.70 bits per heavy atom. The van der Waals surface area contributed by atoms with Crippen LogP contribution >= 0.6 is 0 Å². The molecule has 0 saturated carbocycles. The van der Waals surface area contributed by atoms with Crippen LogP contribution in [0, 0.1) is 13.8 Å². The summed E-state index contributed by atoms with van der Waals surface area (Å²) in [4.78, 5) is 15.4. The summed E-state index contributed by atoms with van der Waals surface area (Å²) in [6, 6.07) is 15.8. The summed E-state index contributed by atoms with van der Waals surface area (Å²) in [7, 11) is 0. The summed E-state index contributed by atoms with van der Waals surface area (Å²) in [5.74, 6) is -0.0763. The molecule has 0 radical (unpaired) electrons. The molecule has 1 aliphatic heterocycles. The molecule has 1 unspecified atom stereocenters. The van der Waals surface area contributed by atoms with Crippen LogP contribution in [0.3, 0.4) is 0 Å².